The molecular formula is C20H21ClN8O3S. The molecule has 3 N–H and O–H groups in total. The molecule has 0 atom stereocenters. The third-order valence-electron chi connectivity index (χ3n) is 4.77. The average Bonchev–Trinajstić information content (AvgIpc) is 3.20. The molecule has 0 aliphatic carbocycles. The number of hydrogen-bond donors (Lipinski definition) is 3. The SMILES string of the molecule is CCNC(=O)c1ccncc1NC(=O)Nc1nc2c(s1)CN(c1cc(Cl)nc(OC)n1)CC2. The van der Waals surface area contributed by atoms with Crippen LogP contribution in [0, 0.1) is 0 Å². The first kappa shape index (κ1) is 22.7. The highest BCUT2D eigenvalue weighted by atomic mass is 35.5. The van der Waals surface area contributed by atoms with Crippen LogP contribution >= 0.6 is 22.9 Å². The summed E-state index contributed by atoms with van der Waals surface area (Å²) >= 11 is 7.45. The summed E-state index contributed by atoms with van der Waals surface area (Å²) in [6.45, 7) is 3.55. The predicted molar refractivity (Wildman–Crippen MR) is 125 cm³/mol. The van der Waals surface area contributed by atoms with Crippen molar-refractivity contribution in [2.75, 3.05) is 35.7 Å². The number of ether oxygens (including phenoxy) is 1. The van der Waals surface area contributed by atoms with Crippen molar-refractivity contribution in [3.8, 4) is 6.01 Å². The van der Waals surface area contributed by atoms with Crippen molar-refractivity contribution in [2.45, 2.75) is 19.9 Å². The maximum atomic E-state index is 12.6. The number of pyridine rings is 1. The Kier molecular flexibility index (Phi) is 6.84. The lowest BCUT2D eigenvalue weighted by atomic mass is 10.2. The number of aromatic nitrogens is 4. The first-order chi connectivity index (χ1) is 16.0. The second-order valence-electron chi connectivity index (χ2n) is 6.96. The molecule has 0 bridgehead atoms. The number of carbonyl (C=O) groups is 2. The largest absolute Gasteiger partial charge is 0.467 e. The summed E-state index contributed by atoms with van der Waals surface area (Å²) in [4.78, 5) is 44.7. The Bertz CT molecular complexity index is 1190. The molecular weight excluding hydrogens is 468 g/mol. The third-order valence-corrected chi connectivity index (χ3v) is 5.96. The lowest BCUT2D eigenvalue weighted by molar-refractivity contribution is 0.0956. The fourth-order valence-corrected chi connectivity index (χ4v) is 4.47. The maximum Gasteiger partial charge on any atom is 0.325 e. The van der Waals surface area contributed by atoms with Crippen LogP contribution in [0.5, 0.6) is 6.01 Å². The molecule has 11 nitrogen and oxygen atoms in total. The number of hydrogen-bond acceptors (Lipinski definition) is 9. The van der Waals surface area contributed by atoms with Crippen molar-refractivity contribution in [3.05, 3.63) is 45.8 Å². The van der Waals surface area contributed by atoms with Gasteiger partial charge in [0, 0.05) is 36.7 Å². The molecule has 0 radical (unpaired) electrons. The number of nitrogens with one attached hydrogen (secondary N) is 3. The quantitative estimate of drug-likeness (QED) is 0.451. The van der Waals surface area contributed by atoms with Crippen LogP contribution in [0.3, 0.4) is 0 Å². The number of rotatable bonds is 6. The van der Waals surface area contributed by atoms with Gasteiger partial charge in [-0.3, -0.25) is 15.1 Å². The van der Waals surface area contributed by atoms with Crippen molar-refractivity contribution in [3.63, 3.8) is 0 Å². The zero-order valence-electron chi connectivity index (χ0n) is 17.9. The van der Waals surface area contributed by atoms with Gasteiger partial charge in [-0.1, -0.05) is 22.9 Å². The molecule has 0 saturated heterocycles. The van der Waals surface area contributed by atoms with Crippen LogP contribution in [0.4, 0.5) is 21.4 Å². The van der Waals surface area contributed by atoms with Gasteiger partial charge >= 0.3 is 12.0 Å². The predicted octanol–water partition coefficient (Wildman–Crippen LogP) is 2.95. The van der Waals surface area contributed by atoms with E-state index in [1.165, 1.54) is 30.8 Å². The highest BCUT2D eigenvalue weighted by Gasteiger charge is 2.23. The normalized spacial score (nSPS) is 12.6. The Morgan fingerprint density at radius 2 is 2.12 bits per heavy atom. The molecule has 0 saturated carbocycles. The molecule has 13 heteroatoms. The van der Waals surface area contributed by atoms with Crippen LogP contribution < -0.4 is 25.6 Å². The molecule has 1 aliphatic heterocycles. The molecule has 0 fully saturated rings. The third kappa shape index (κ3) is 5.29. The number of nitrogens with zero attached hydrogens (tertiary/aromatic N) is 5. The Balaban J connectivity index is 1.44. The number of methoxy groups -OCH3 is 1. The molecule has 1 aliphatic rings. The van der Waals surface area contributed by atoms with Crippen molar-refractivity contribution >= 4 is 51.5 Å². The lowest BCUT2D eigenvalue weighted by Crippen LogP contribution is -2.30. The molecule has 3 amide bonds. The second kappa shape index (κ2) is 9.96. The van der Waals surface area contributed by atoms with Crippen LogP contribution in [0.2, 0.25) is 5.15 Å². The van der Waals surface area contributed by atoms with Gasteiger partial charge in [-0.25, -0.2) is 9.78 Å². The van der Waals surface area contributed by atoms with Gasteiger partial charge in [0.05, 0.1) is 36.8 Å². The van der Waals surface area contributed by atoms with E-state index in [0.29, 0.717) is 53.4 Å². The van der Waals surface area contributed by atoms with Crippen LogP contribution in [-0.4, -0.2) is 52.1 Å². The summed E-state index contributed by atoms with van der Waals surface area (Å²) in [5.41, 5.74) is 1.56. The zero-order valence-corrected chi connectivity index (χ0v) is 19.5. The number of anilines is 3. The molecule has 3 aromatic rings. The molecule has 4 heterocycles. The Hall–Kier alpha value is -3.51. The summed E-state index contributed by atoms with van der Waals surface area (Å²) in [6.07, 6.45) is 3.60. The molecule has 33 heavy (non-hydrogen) atoms. The number of thiazole rings is 1. The fourth-order valence-electron chi connectivity index (χ4n) is 3.28. The van der Waals surface area contributed by atoms with Gasteiger partial charge in [0.25, 0.3) is 5.91 Å². The maximum absolute atomic E-state index is 12.6. The Labute approximate surface area is 198 Å². The first-order valence-corrected chi connectivity index (χ1v) is 11.3. The van der Waals surface area contributed by atoms with Crippen LogP contribution in [0.1, 0.15) is 27.9 Å². The van der Waals surface area contributed by atoms with E-state index in [1.807, 2.05) is 6.92 Å². The van der Waals surface area contributed by atoms with E-state index >= 15 is 0 Å². The van der Waals surface area contributed by atoms with Crippen LogP contribution in [0.15, 0.2) is 24.5 Å². The Morgan fingerprint density at radius 3 is 2.91 bits per heavy atom. The fraction of sp³-hybridized carbons (Fsp3) is 0.300. The lowest BCUT2D eigenvalue weighted by Gasteiger charge is -2.27. The summed E-state index contributed by atoms with van der Waals surface area (Å²) in [5, 5.41) is 8.88. The average molecular weight is 489 g/mol. The minimum absolute atomic E-state index is 0.203. The smallest absolute Gasteiger partial charge is 0.325 e. The van der Waals surface area contributed by atoms with E-state index in [2.05, 4.69) is 40.8 Å². The van der Waals surface area contributed by atoms with Gasteiger partial charge in [0.15, 0.2) is 5.13 Å². The number of halogens is 1. The molecule has 0 spiro atoms. The van der Waals surface area contributed by atoms with Gasteiger partial charge in [-0.15, -0.1) is 0 Å². The minimum Gasteiger partial charge on any atom is -0.467 e. The summed E-state index contributed by atoms with van der Waals surface area (Å²) < 4.78 is 5.10. The second-order valence-corrected chi connectivity index (χ2v) is 8.43. The topological polar surface area (TPSA) is 134 Å². The number of fused-ring (bicyclic) bond motifs is 1. The number of amides is 3. The van der Waals surface area contributed by atoms with Gasteiger partial charge in [-0.2, -0.15) is 9.97 Å². The van der Waals surface area contributed by atoms with E-state index < -0.39 is 6.03 Å². The summed E-state index contributed by atoms with van der Waals surface area (Å²) in [6, 6.07) is 2.92. The van der Waals surface area contributed by atoms with Gasteiger partial charge < -0.3 is 20.3 Å². The monoisotopic (exact) mass is 488 g/mol. The van der Waals surface area contributed by atoms with Crippen molar-refractivity contribution < 1.29 is 14.3 Å². The minimum atomic E-state index is -0.510. The molecule has 0 unspecified atom stereocenters. The standard InChI is InChI=1S/C20H21ClN8O3S/c1-3-23-17(30)11-4-6-22-9-13(11)24-18(31)28-20-25-12-5-7-29(10-14(12)33-20)16-8-15(21)26-19(27-16)32-2/h4,6,8-9H,3,5,7,10H2,1-2H3,(H,23,30)(H2,24,25,28,31). The van der Waals surface area contributed by atoms with E-state index in [0.717, 1.165) is 10.6 Å². The first-order valence-electron chi connectivity index (χ1n) is 10.1. The highest BCUT2D eigenvalue weighted by Crippen LogP contribution is 2.31. The molecule has 4 rings (SSSR count). The van der Waals surface area contributed by atoms with Crippen molar-refractivity contribution in [1.82, 2.24) is 25.3 Å². The zero-order chi connectivity index (χ0) is 23.4. The van der Waals surface area contributed by atoms with E-state index in [1.54, 1.807) is 12.1 Å². The van der Waals surface area contributed by atoms with Gasteiger partial charge in [0.1, 0.15) is 11.0 Å². The molecule has 3 aromatic heterocycles. The van der Waals surface area contributed by atoms with Gasteiger partial charge in [0.2, 0.25) is 0 Å². The highest BCUT2D eigenvalue weighted by molar-refractivity contribution is 7.15. The number of urea groups is 1. The number of carbonyl (C=O) groups excluding carboxylic acids is 2. The van der Waals surface area contributed by atoms with Gasteiger partial charge in [-0.05, 0) is 13.0 Å². The summed E-state index contributed by atoms with van der Waals surface area (Å²) in [5.74, 6) is 0.370. The van der Waals surface area contributed by atoms with E-state index in [9.17, 15) is 9.59 Å². The Morgan fingerprint density at radius 1 is 1.27 bits per heavy atom. The van der Waals surface area contributed by atoms with E-state index in [4.69, 9.17) is 16.3 Å². The van der Waals surface area contributed by atoms with Crippen molar-refractivity contribution in [2.24, 2.45) is 0 Å². The molecule has 0 aromatic carbocycles. The molecule has 172 valence electrons. The van der Waals surface area contributed by atoms with E-state index in [-0.39, 0.29) is 11.9 Å². The van der Waals surface area contributed by atoms with Crippen LogP contribution in [-0.2, 0) is 13.0 Å². The summed E-state index contributed by atoms with van der Waals surface area (Å²) in [7, 11) is 1.49. The van der Waals surface area contributed by atoms with Crippen molar-refractivity contribution in [1.29, 1.82) is 0 Å². The van der Waals surface area contributed by atoms with Crippen LogP contribution in [0.25, 0.3) is 0 Å².